The minimum atomic E-state index is -4.26. The topological polar surface area (TPSA) is 9.23 Å². The molecule has 0 fully saturated rings. The van der Waals surface area contributed by atoms with E-state index in [2.05, 4.69) is 0 Å². The van der Waals surface area contributed by atoms with E-state index < -0.39 is 5.51 Å². The molecule has 0 aliphatic heterocycles. The van der Waals surface area contributed by atoms with Crippen molar-refractivity contribution in [2.45, 2.75) is 24.3 Å². The quantitative estimate of drug-likeness (QED) is 0.720. The minimum Gasteiger partial charge on any atom is -0.497 e. The molecule has 0 spiro atoms. The summed E-state index contributed by atoms with van der Waals surface area (Å²) in [6.07, 6.45) is 0. The van der Waals surface area contributed by atoms with Gasteiger partial charge in [-0.15, -0.1) is 0 Å². The highest BCUT2D eigenvalue weighted by Gasteiger charge is 2.30. The fourth-order valence-corrected chi connectivity index (χ4v) is 1.88. The summed E-state index contributed by atoms with van der Waals surface area (Å²) in [6.45, 7) is 3.43. The second-order valence-electron chi connectivity index (χ2n) is 3.12. The van der Waals surface area contributed by atoms with Crippen LogP contribution in [0.25, 0.3) is 0 Å². The summed E-state index contributed by atoms with van der Waals surface area (Å²) < 4.78 is 41.6. The SMILES string of the molecule is COc1cc(C)c(C)c(SC(F)(F)F)c1. The monoisotopic (exact) mass is 236 g/mol. The lowest BCUT2D eigenvalue weighted by Crippen LogP contribution is -2.01. The van der Waals surface area contributed by atoms with Crippen molar-refractivity contribution in [1.29, 1.82) is 0 Å². The molecule has 0 N–H and O–H groups in total. The highest BCUT2D eigenvalue weighted by Crippen LogP contribution is 2.40. The lowest BCUT2D eigenvalue weighted by atomic mass is 10.1. The third-order valence-electron chi connectivity index (χ3n) is 2.05. The summed E-state index contributed by atoms with van der Waals surface area (Å²) in [5, 5.41) is 0. The number of alkyl halides is 3. The number of aryl methyl sites for hydroxylation is 1. The van der Waals surface area contributed by atoms with E-state index in [0.717, 1.165) is 5.56 Å². The molecule has 0 unspecified atom stereocenters. The van der Waals surface area contributed by atoms with Crippen LogP contribution >= 0.6 is 11.8 Å². The molecule has 0 heterocycles. The molecule has 0 amide bonds. The highest BCUT2D eigenvalue weighted by atomic mass is 32.2. The molecule has 15 heavy (non-hydrogen) atoms. The zero-order chi connectivity index (χ0) is 11.6. The molecular weight excluding hydrogens is 225 g/mol. The second kappa shape index (κ2) is 4.35. The van der Waals surface area contributed by atoms with Gasteiger partial charge in [-0.05, 0) is 48.9 Å². The number of hydrogen-bond donors (Lipinski definition) is 0. The minimum absolute atomic E-state index is 0.109. The summed E-state index contributed by atoms with van der Waals surface area (Å²) in [7, 11) is 1.44. The maximum Gasteiger partial charge on any atom is 0.446 e. The zero-order valence-electron chi connectivity index (χ0n) is 8.61. The van der Waals surface area contributed by atoms with Crippen molar-refractivity contribution in [1.82, 2.24) is 0 Å². The van der Waals surface area contributed by atoms with E-state index in [4.69, 9.17) is 4.74 Å². The van der Waals surface area contributed by atoms with Crippen LogP contribution in [0, 0.1) is 13.8 Å². The Morgan fingerprint density at radius 3 is 2.27 bits per heavy atom. The number of hydrogen-bond acceptors (Lipinski definition) is 2. The molecule has 1 nitrogen and oxygen atoms in total. The molecule has 0 saturated heterocycles. The van der Waals surface area contributed by atoms with E-state index in [0.29, 0.717) is 11.3 Å². The van der Waals surface area contributed by atoms with Gasteiger partial charge in [0.25, 0.3) is 0 Å². The predicted octanol–water partition coefficient (Wildman–Crippen LogP) is 3.92. The lowest BCUT2D eigenvalue weighted by molar-refractivity contribution is -0.0328. The highest BCUT2D eigenvalue weighted by molar-refractivity contribution is 8.00. The van der Waals surface area contributed by atoms with Crippen molar-refractivity contribution in [3.05, 3.63) is 23.3 Å². The van der Waals surface area contributed by atoms with Gasteiger partial charge in [0.05, 0.1) is 7.11 Å². The normalized spacial score (nSPS) is 11.6. The average molecular weight is 236 g/mol. The van der Waals surface area contributed by atoms with Gasteiger partial charge in [0, 0.05) is 4.90 Å². The van der Waals surface area contributed by atoms with Crippen LogP contribution in [0.5, 0.6) is 5.75 Å². The zero-order valence-corrected chi connectivity index (χ0v) is 9.42. The van der Waals surface area contributed by atoms with Crippen LogP contribution in [0.1, 0.15) is 11.1 Å². The van der Waals surface area contributed by atoms with Gasteiger partial charge in [0.2, 0.25) is 0 Å². The van der Waals surface area contributed by atoms with Crippen LogP contribution in [0.2, 0.25) is 0 Å². The Hall–Kier alpha value is -0.840. The van der Waals surface area contributed by atoms with E-state index >= 15 is 0 Å². The van der Waals surface area contributed by atoms with Gasteiger partial charge in [-0.25, -0.2) is 0 Å². The number of thioether (sulfide) groups is 1. The Morgan fingerprint density at radius 1 is 1.20 bits per heavy atom. The van der Waals surface area contributed by atoms with Gasteiger partial charge in [-0.2, -0.15) is 13.2 Å². The molecule has 0 radical (unpaired) electrons. The van der Waals surface area contributed by atoms with Crippen LogP contribution in [0.15, 0.2) is 17.0 Å². The van der Waals surface area contributed by atoms with E-state index in [9.17, 15) is 13.2 Å². The standard InChI is InChI=1S/C10H11F3OS/c1-6-4-8(14-3)5-9(7(6)2)15-10(11,12)13/h4-5H,1-3H3. The third kappa shape index (κ3) is 3.34. The molecule has 0 aliphatic carbocycles. The number of ether oxygens (including phenoxy) is 1. The van der Waals surface area contributed by atoms with E-state index in [1.807, 2.05) is 0 Å². The van der Waals surface area contributed by atoms with Crippen LogP contribution in [-0.2, 0) is 0 Å². The van der Waals surface area contributed by atoms with Crippen molar-refractivity contribution in [2.24, 2.45) is 0 Å². The van der Waals surface area contributed by atoms with E-state index in [1.54, 1.807) is 19.9 Å². The first-order valence-electron chi connectivity index (χ1n) is 4.24. The summed E-state index contributed by atoms with van der Waals surface area (Å²) >= 11 is -0.109. The third-order valence-corrected chi connectivity index (χ3v) is 2.93. The van der Waals surface area contributed by atoms with Gasteiger partial charge in [0.1, 0.15) is 5.75 Å². The molecule has 84 valence electrons. The Labute approximate surface area is 90.6 Å². The number of rotatable bonds is 2. The molecule has 1 aromatic carbocycles. The molecule has 0 bridgehead atoms. The van der Waals surface area contributed by atoms with Gasteiger partial charge in [-0.3, -0.25) is 0 Å². The van der Waals surface area contributed by atoms with Crippen molar-refractivity contribution < 1.29 is 17.9 Å². The van der Waals surface area contributed by atoms with Crippen molar-refractivity contribution in [2.75, 3.05) is 7.11 Å². The average Bonchev–Trinajstić information content (AvgIpc) is 2.10. The molecule has 0 aromatic heterocycles. The van der Waals surface area contributed by atoms with E-state index in [-0.39, 0.29) is 16.7 Å². The van der Waals surface area contributed by atoms with Gasteiger partial charge >= 0.3 is 5.51 Å². The Kier molecular flexibility index (Phi) is 3.54. The molecular formula is C10H11F3OS. The van der Waals surface area contributed by atoms with Crippen LogP contribution in [-0.4, -0.2) is 12.6 Å². The maximum absolute atomic E-state index is 12.2. The molecule has 0 aliphatic rings. The Morgan fingerprint density at radius 2 is 1.80 bits per heavy atom. The van der Waals surface area contributed by atoms with Crippen LogP contribution in [0.4, 0.5) is 13.2 Å². The first-order chi connectivity index (χ1) is 6.83. The van der Waals surface area contributed by atoms with Crippen LogP contribution < -0.4 is 4.74 Å². The summed E-state index contributed by atoms with van der Waals surface area (Å²) in [6, 6.07) is 3.12. The Bertz CT molecular complexity index is 360. The molecule has 1 aromatic rings. The van der Waals surface area contributed by atoms with Gasteiger partial charge in [0.15, 0.2) is 0 Å². The Balaban J connectivity index is 3.11. The first kappa shape index (κ1) is 12.2. The fraction of sp³-hybridized carbons (Fsp3) is 0.400. The van der Waals surface area contributed by atoms with E-state index in [1.165, 1.54) is 13.2 Å². The number of halogens is 3. The van der Waals surface area contributed by atoms with Crippen molar-refractivity contribution in [3.8, 4) is 5.75 Å². The molecule has 0 atom stereocenters. The maximum atomic E-state index is 12.2. The van der Waals surface area contributed by atoms with Crippen molar-refractivity contribution >= 4 is 11.8 Å². The molecule has 1 rings (SSSR count). The smallest absolute Gasteiger partial charge is 0.446 e. The van der Waals surface area contributed by atoms with Crippen molar-refractivity contribution in [3.63, 3.8) is 0 Å². The summed E-state index contributed by atoms with van der Waals surface area (Å²) in [5.41, 5.74) is -2.83. The second-order valence-corrected chi connectivity index (χ2v) is 4.22. The van der Waals surface area contributed by atoms with Gasteiger partial charge < -0.3 is 4.74 Å². The first-order valence-corrected chi connectivity index (χ1v) is 5.06. The molecule has 0 saturated carbocycles. The summed E-state index contributed by atoms with van der Waals surface area (Å²) in [5.74, 6) is 0.449. The lowest BCUT2D eigenvalue weighted by Gasteiger charge is -2.12. The van der Waals surface area contributed by atoms with Crippen LogP contribution in [0.3, 0.4) is 0 Å². The number of benzene rings is 1. The fourth-order valence-electron chi connectivity index (χ4n) is 1.14. The largest absolute Gasteiger partial charge is 0.497 e. The predicted molar refractivity (Wildman–Crippen MR) is 54.4 cm³/mol. The number of methoxy groups -OCH3 is 1. The van der Waals surface area contributed by atoms with Gasteiger partial charge in [-0.1, -0.05) is 0 Å². The summed E-state index contributed by atoms with van der Waals surface area (Å²) in [4.78, 5) is 0.194. The molecule has 5 heteroatoms.